The van der Waals surface area contributed by atoms with Crippen molar-refractivity contribution in [2.45, 2.75) is 64.0 Å². The summed E-state index contributed by atoms with van der Waals surface area (Å²) in [7, 11) is 1.86. The van der Waals surface area contributed by atoms with Crippen molar-refractivity contribution in [3.8, 4) is 5.75 Å². The van der Waals surface area contributed by atoms with Gasteiger partial charge in [-0.25, -0.2) is 9.78 Å². The van der Waals surface area contributed by atoms with Crippen LogP contribution in [0.4, 0.5) is 0 Å². The van der Waals surface area contributed by atoms with Gasteiger partial charge in [0.1, 0.15) is 18.6 Å². The summed E-state index contributed by atoms with van der Waals surface area (Å²) in [5, 5.41) is 14.3. The summed E-state index contributed by atoms with van der Waals surface area (Å²) in [6, 6.07) is 7.28. The lowest BCUT2D eigenvalue weighted by Gasteiger charge is -2.31. The largest absolute Gasteiger partial charge is 0.459 e. The van der Waals surface area contributed by atoms with E-state index in [1.165, 1.54) is 17.1 Å². The number of benzene rings is 1. The third-order valence-electron chi connectivity index (χ3n) is 11.1. The topological polar surface area (TPSA) is 173 Å². The first-order valence-electron chi connectivity index (χ1n) is 18.0. The average Bonchev–Trinajstić information content (AvgIpc) is 3.63. The molecule has 0 saturated heterocycles. The van der Waals surface area contributed by atoms with Crippen molar-refractivity contribution in [1.82, 2.24) is 20.1 Å². The van der Waals surface area contributed by atoms with Gasteiger partial charge in [0.05, 0.1) is 22.8 Å². The van der Waals surface area contributed by atoms with E-state index < -0.39 is 12.1 Å². The van der Waals surface area contributed by atoms with Gasteiger partial charge in [0.15, 0.2) is 6.10 Å². The molecule has 3 amide bonds. The van der Waals surface area contributed by atoms with Crippen LogP contribution < -0.4 is 10.1 Å². The Hall–Kier alpha value is -5.17. The number of pyridine rings is 1. The Balaban J connectivity index is 0.891. The molecule has 2 fully saturated rings. The second-order valence-electron chi connectivity index (χ2n) is 14.6. The maximum atomic E-state index is 13.2. The summed E-state index contributed by atoms with van der Waals surface area (Å²) in [4.78, 5) is 81.5. The Morgan fingerprint density at radius 3 is 2.38 bits per heavy atom. The van der Waals surface area contributed by atoms with Crippen molar-refractivity contribution in [2.75, 3.05) is 26.7 Å². The maximum absolute atomic E-state index is 13.2. The number of nitrogens with one attached hydrogen (secondary N) is 1. The summed E-state index contributed by atoms with van der Waals surface area (Å²) in [5.41, 5.74) is 3.33. The zero-order valence-corrected chi connectivity index (χ0v) is 29.0. The molecule has 1 unspecified atom stereocenters. The van der Waals surface area contributed by atoms with Crippen LogP contribution in [0.5, 0.6) is 5.75 Å². The zero-order valence-electron chi connectivity index (χ0n) is 29.0. The minimum absolute atomic E-state index is 0.0596. The van der Waals surface area contributed by atoms with E-state index in [1.807, 2.05) is 18.0 Å². The third kappa shape index (κ3) is 7.27. The predicted octanol–water partition coefficient (Wildman–Crippen LogP) is 2.99. The maximum Gasteiger partial charge on any atom is 0.340 e. The molecule has 3 aliphatic heterocycles. The number of ether oxygens (including phenoxy) is 2. The first kappa shape index (κ1) is 35.2. The monoisotopic (exact) mass is 710 g/mol. The molecule has 272 valence electrons. The first-order chi connectivity index (χ1) is 25.1. The number of nitrogens with zero attached hydrogens (tertiary/aromatic N) is 3. The minimum Gasteiger partial charge on any atom is -0.459 e. The highest BCUT2D eigenvalue weighted by Gasteiger charge is 2.34. The zero-order chi connectivity index (χ0) is 36.5. The van der Waals surface area contributed by atoms with Gasteiger partial charge in [-0.1, -0.05) is 0 Å². The summed E-state index contributed by atoms with van der Waals surface area (Å²) >= 11 is 0. The van der Waals surface area contributed by atoms with E-state index in [-0.39, 0.29) is 59.2 Å². The van der Waals surface area contributed by atoms with E-state index in [4.69, 9.17) is 14.5 Å². The van der Waals surface area contributed by atoms with Gasteiger partial charge in [-0.05, 0) is 99.1 Å². The number of fused-ring (bicyclic) bond motifs is 2. The lowest BCUT2D eigenvalue weighted by molar-refractivity contribution is -0.152. The van der Waals surface area contributed by atoms with Gasteiger partial charge in [0, 0.05) is 61.3 Å². The minimum atomic E-state index is -1.55. The molecule has 2 saturated carbocycles. The molecule has 13 nitrogen and oxygen atoms in total. The van der Waals surface area contributed by atoms with E-state index >= 15 is 0 Å². The Morgan fingerprint density at radius 2 is 1.67 bits per heavy atom. The van der Waals surface area contributed by atoms with Crippen LogP contribution in [-0.2, 0) is 40.0 Å². The van der Waals surface area contributed by atoms with Gasteiger partial charge in [-0.3, -0.25) is 28.9 Å². The number of hydrogen-bond donors (Lipinski definition) is 2. The molecular formula is C39H42N4O9. The van der Waals surface area contributed by atoms with Gasteiger partial charge in [0.25, 0.3) is 11.8 Å². The van der Waals surface area contributed by atoms with Crippen LogP contribution in [0.1, 0.15) is 62.6 Å². The summed E-state index contributed by atoms with van der Waals surface area (Å²) in [5.74, 6) is -0.853. The lowest BCUT2D eigenvalue weighted by atomic mass is 9.80. The number of carbonyl (C=O) groups is 6. The molecular weight excluding hydrogens is 668 g/mol. The molecule has 4 heterocycles. The molecule has 0 radical (unpaired) electrons. The Morgan fingerprint density at radius 1 is 0.981 bits per heavy atom. The van der Waals surface area contributed by atoms with Crippen molar-refractivity contribution < 1.29 is 43.3 Å². The van der Waals surface area contributed by atoms with Gasteiger partial charge in [0.2, 0.25) is 5.91 Å². The van der Waals surface area contributed by atoms with Crippen LogP contribution >= 0.6 is 0 Å². The van der Waals surface area contributed by atoms with Crippen LogP contribution in [0.3, 0.4) is 0 Å². The summed E-state index contributed by atoms with van der Waals surface area (Å²) in [6.07, 6.45) is 9.38. The van der Waals surface area contributed by atoms with E-state index in [9.17, 15) is 33.9 Å². The van der Waals surface area contributed by atoms with Crippen molar-refractivity contribution in [3.63, 3.8) is 0 Å². The lowest BCUT2D eigenvalue weighted by Crippen LogP contribution is -2.39. The van der Waals surface area contributed by atoms with Gasteiger partial charge in [-0.15, -0.1) is 0 Å². The highest BCUT2D eigenvalue weighted by atomic mass is 16.5. The highest BCUT2D eigenvalue weighted by Crippen LogP contribution is 2.36. The molecule has 2 aromatic rings. The number of aliphatic hydroxyl groups is 1. The SMILES string of the molecule is CN1Cc2cc3cc(OC(=O)C4CCC(CNC(=O)C5CCC(CN6C(=O)C=CC6=O)CC5)CC4)ccc3nc2/C1=C/C1=C(C=O)COC(=O)C1O. The second-order valence-corrected chi connectivity index (χ2v) is 14.6. The molecule has 7 rings (SSSR count). The molecule has 1 aromatic heterocycles. The summed E-state index contributed by atoms with van der Waals surface area (Å²) in [6.45, 7) is 1.33. The number of aromatic nitrogens is 1. The van der Waals surface area contributed by atoms with Crippen LogP contribution in [0.25, 0.3) is 16.6 Å². The number of amides is 3. The van der Waals surface area contributed by atoms with Crippen molar-refractivity contribution in [3.05, 3.63) is 64.9 Å². The fourth-order valence-electron chi connectivity index (χ4n) is 8.01. The Kier molecular flexibility index (Phi) is 10.0. The van der Waals surface area contributed by atoms with Crippen LogP contribution in [-0.4, -0.2) is 88.7 Å². The molecule has 52 heavy (non-hydrogen) atoms. The highest BCUT2D eigenvalue weighted by molar-refractivity contribution is 6.12. The van der Waals surface area contributed by atoms with Crippen LogP contribution in [0.2, 0.25) is 0 Å². The van der Waals surface area contributed by atoms with Crippen LogP contribution in [0.15, 0.2) is 53.6 Å². The predicted molar refractivity (Wildman–Crippen MR) is 187 cm³/mol. The average molecular weight is 711 g/mol. The van der Waals surface area contributed by atoms with Crippen molar-refractivity contribution in [1.29, 1.82) is 0 Å². The quantitative estimate of drug-likeness (QED) is 0.170. The molecule has 2 N–H and O–H groups in total. The number of aliphatic hydroxyl groups excluding tert-OH is 1. The number of hydrogen-bond acceptors (Lipinski definition) is 11. The smallest absolute Gasteiger partial charge is 0.340 e. The Bertz CT molecular complexity index is 1900. The van der Waals surface area contributed by atoms with Gasteiger partial charge < -0.3 is 24.8 Å². The number of rotatable bonds is 9. The summed E-state index contributed by atoms with van der Waals surface area (Å²) < 4.78 is 10.7. The number of cyclic esters (lactones) is 1. The van der Waals surface area contributed by atoms with E-state index in [2.05, 4.69) is 5.32 Å². The molecule has 1 aromatic carbocycles. The number of esters is 2. The molecule has 2 aliphatic carbocycles. The van der Waals surface area contributed by atoms with E-state index in [0.717, 1.165) is 49.5 Å². The number of carbonyl (C=O) groups excluding carboxylic acids is 6. The first-order valence-corrected chi connectivity index (χ1v) is 18.0. The van der Waals surface area contributed by atoms with Crippen molar-refractivity contribution >= 4 is 52.5 Å². The number of imide groups is 1. The molecule has 1 atom stereocenters. The second kappa shape index (κ2) is 14.8. The fraction of sp³-hybridized carbons (Fsp3) is 0.462. The standard InChI is InChI=1S/C39H42N4O9/c1-42-19-27-14-26-15-29(10-11-31(26)41-35(27)32(42)16-30-28(20-44)21-51-39(50)36(30)47)52-38(49)25-8-2-22(3-9-25)17-40-37(48)24-6-4-23(5-7-24)18-43-33(45)12-13-34(43)46/h10-16,20,22-25,36,47H,2-9,17-19,21H2,1H3,(H,40,48)/b32-16-. The normalized spacial score (nSPS) is 26.9. The fourth-order valence-corrected chi connectivity index (χ4v) is 8.01. The molecule has 0 bridgehead atoms. The third-order valence-corrected chi connectivity index (χ3v) is 11.1. The molecule has 0 spiro atoms. The van der Waals surface area contributed by atoms with E-state index in [1.54, 1.807) is 24.3 Å². The van der Waals surface area contributed by atoms with Crippen molar-refractivity contribution in [2.24, 2.45) is 23.7 Å². The number of aldehydes is 1. The Labute approximate surface area is 300 Å². The van der Waals surface area contributed by atoms with Gasteiger partial charge in [-0.2, -0.15) is 0 Å². The van der Waals surface area contributed by atoms with Crippen LogP contribution in [0, 0.1) is 23.7 Å². The van der Waals surface area contributed by atoms with Gasteiger partial charge >= 0.3 is 11.9 Å². The van der Waals surface area contributed by atoms with E-state index in [0.29, 0.717) is 67.3 Å². The molecule has 5 aliphatic rings. The molecule has 13 heteroatoms.